The Morgan fingerprint density at radius 1 is 0.657 bits per heavy atom. The van der Waals surface area contributed by atoms with E-state index in [1.165, 1.54) is 44.7 Å². The summed E-state index contributed by atoms with van der Waals surface area (Å²) in [4.78, 5) is 4.79. The molecule has 0 spiro atoms. The number of allylic oxidation sites excluding steroid dienone is 3. The van der Waals surface area contributed by atoms with Crippen LogP contribution >= 0.6 is 0 Å². The maximum absolute atomic E-state index is 2.51. The van der Waals surface area contributed by atoms with E-state index in [9.17, 15) is 0 Å². The largest absolute Gasteiger partial charge is 0.344 e. The molecule has 2 aliphatic carbocycles. The zero-order valence-electron chi connectivity index (χ0n) is 20.1. The smallest absolute Gasteiger partial charge is 0.0628 e. The van der Waals surface area contributed by atoms with Gasteiger partial charge in [-0.05, 0) is 78.3 Å². The third kappa shape index (κ3) is 4.06. The van der Waals surface area contributed by atoms with E-state index in [-0.39, 0.29) is 0 Å². The van der Waals surface area contributed by atoms with Crippen molar-refractivity contribution in [2.24, 2.45) is 0 Å². The number of benzene rings is 4. The van der Waals surface area contributed by atoms with Crippen LogP contribution in [-0.4, -0.2) is 13.1 Å². The molecule has 4 aromatic rings. The van der Waals surface area contributed by atoms with E-state index >= 15 is 0 Å². The van der Waals surface area contributed by atoms with Gasteiger partial charge in [0.15, 0.2) is 0 Å². The lowest BCUT2D eigenvalue weighted by Gasteiger charge is -2.37. The first-order chi connectivity index (χ1) is 17.3. The number of fused-ring (bicyclic) bond motifs is 1. The fourth-order valence-corrected chi connectivity index (χ4v) is 5.49. The van der Waals surface area contributed by atoms with Crippen molar-refractivity contribution in [1.29, 1.82) is 0 Å². The van der Waals surface area contributed by atoms with E-state index in [1.54, 1.807) is 0 Å². The molecule has 1 unspecified atom stereocenters. The Morgan fingerprint density at radius 3 is 2.23 bits per heavy atom. The first-order valence-electron chi connectivity index (χ1n) is 12.5. The lowest BCUT2D eigenvalue weighted by molar-refractivity contribution is 0.731. The monoisotopic (exact) mass is 454 g/mol. The van der Waals surface area contributed by atoms with E-state index in [0.29, 0.717) is 6.04 Å². The molecule has 4 aromatic carbocycles. The van der Waals surface area contributed by atoms with Gasteiger partial charge in [-0.25, -0.2) is 0 Å². The van der Waals surface area contributed by atoms with Gasteiger partial charge in [0.05, 0.1) is 6.04 Å². The van der Waals surface area contributed by atoms with Gasteiger partial charge in [0.25, 0.3) is 0 Å². The van der Waals surface area contributed by atoms with Gasteiger partial charge in [0, 0.05) is 35.2 Å². The third-order valence-corrected chi connectivity index (χ3v) is 7.28. The average Bonchev–Trinajstić information content (AvgIpc) is 2.94. The highest BCUT2D eigenvalue weighted by atomic mass is 15.2. The molecule has 0 saturated carbocycles. The van der Waals surface area contributed by atoms with Crippen LogP contribution in [0.15, 0.2) is 133 Å². The van der Waals surface area contributed by atoms with Crippen LogP contribution in [0, 0.1) is 0 Å². The predicted molar refractivity (Wildman–Crippen MR) is 150 cm³/mol. The lowest BCUT2D eigenvalue weighted by atomic mass is 9.85. The van der Waals surface area contributed by atoms with Crippen LogP contribution in [-0.2, 0) is 0 Å². The molecule has 2 nitrogen and oxygen atoms in total. The molecule has 0 bridgehead atoms. The number of rotatable bonds is 5. The van der Waals surface area contributed by atoms with Crippen molar-refractivity contribution in [3.8, 4) is 0 Å². The highest BCUT2D eigenvalue weighted by Gasteiger charge is 2.27. The Hall–Kier alpha value is -4.04. The summed E-state index contributed by atoms with van der Waals surface area (Å²) in [7, 11) is 2.15. The normalized spacial score (nSPS) is 16.9. The van der Waals surface area contributed by atoms with Crippen molar-refractivity contribution in [3.63, 3.8) is 0 Å². The summed E-state index contributed by atoms with van der Waals surface area (Å²) < 4.78 is 0. The SMILES string of the molecule is CN(c1ccc(N(c2ccccc2)C2CC=CC3=C2C=CCC3)cc1)c1cccc2ccccc12. The minimum atomic E-state index is 0.301. The Bertz CT molecular complexity index is 1420. The topological polar surface area (TPSA) is 6.48 Å². The van der Waals surface area contributed by atoms with E-state index in [0.717, 1.165) is 19.3 Å². The molecule has 35 heavy (non-hydrogen) atoms. The molecule has 6 rings (SSSR count). The Labute approximate surface area is 208 Å². The third-order valence-electron chi connectivity index (χ3n) is 7.28. The van der Waals surface area contributed by atoms with Crippen LogP contribution in [0.1, 0.15) is 19.3 Å². The van der Waals surface area contributed by atoms with Gasteiger partial charge in [-0.2, -0.15) is 0 Å². The highest BCUT2D eigenvalue weighted by molar-refractivity contribution is 5.96. The summed E-state index contributed by atoms with van der Waals surface area (Å²) in [6.07, 6.45) is 12.6. The molecule has 0 aliphatic heterocycles. The van der Waals surface area contributed by atoms with Crippen LogP contribution in [0.2, 0.25) is 0 Å². The fraction of sp³-hybridized carbons (Fsp3) is 0.152. The second kappa shape index (κ2) is 9.31. The number of para-hydroxylation sites is 1. The Kier molecular flexibility index (Phi) is 5.71. The molecule has 0 N–H and O–H groups in total. The molecule has 2 aliphatic rings. The molecule has 1 atom stereocenters. The number of hydrogen-bond acceptors (Lipinski definition) is 2. The van der Waals surface area contributed by atoms with Gasteiger partial charge in [-0.15, -0.1) is 0 Å². The first kappa shape index (κ1) is 21.5. The molecule has 0 heterocycles. The number of anilines is 4. The molecule has 0 saturated heterocycles. The van der Waals surface area contributed by atoms with E-state index in [4.69, 9.17) is 0 Å². The fourth-order valence-electron chi connectivity index (χ4n) is 5.49. The zero-order valence-corrected chi connectivity index (χ0v) is 20.1. The number of nitrogens with zero attached hydrogens (tertiary/aromatic N) is 2. The molecule has 0 amide bonds. The van der Waals surface area contributed by atoms with Crippen molar-refractivity contribution in [2.75, 3.05) is 16.8 Å². The van der Waals surface area contributed by atoms with Crippen LogP contribution in [0.4, 0.5) is 22.7 Å². The molecule has 0 fully saturated rings. The van der Waals surface area contributed by atoms with Crippen LogP contribution < -0.4 is 9.80 Å². The van der Waals surface area contributed by atoms with Crippen molar-refractivity contribution >= 4 is 33.5 Å². The maximum atomic E-state index is 2.51. The summed E-state index contributed by atoms with van der Waals surface area (Å²) >= 11 is 0. The molecule has 172 valence electrons. The van der Waals surface area contributed by atoms with Crippen molar-refractivity contribution in [3.05, 3.63) is 133 Å². The quantitative estimate of drug-likeness (QED) is 0.297. The molecule has 2 heteroatoms. The summed E-state index contributed by atoms with van der Waals surface area (Å²) in [5.74, 6) is 0. The Morgan fingerprint density at radius 2 is 1.37 bits per heavy atom. The van der Waals surface area contributed by atoms with Crippen LogP contribution in [0.3, 0.4) is 0 Å². The van der Waals surface area contributed by atoms with E-state index in [1.807, 2.05) is 0 Å². The number of hydrogen-bond donors (Lipinski definition) is 0. The van der Waals surface area contributed by atoms with Gasteiger partial charge in [0.1, 0.15) is 0 Å². The summed E-state index contributed by atoms with van der Waals surface area (Å²) in [5, 5.41) is 2.53. The second-order valence-electron chi connectivity index (χ2n) is 9.35. The Balaban J connectivity index is 1.38. The average molecular weight is 455 g/mol. The minimum absolute atomic E-state index is 0.301. The van der Waals surface area contributed by atoms with E-state index < -0.39 is 0 Å². The first-order valence-corrected chi connectivity index (χ1v) is 12.5. The second-order valence-corrected chi connectivity index (χ2v) is 9.35. The van der Waals surface area contributed by atoms with Crippen LogP contribution in [0.25, 0.3) is 10.8 Å². The molecular weight excluding hydrogens is 424 g/mol. The van der Waals surface area contributed by atoms with E-state index in [2.05, 4.69) is 138 Å². The molecule has 0 radical (unpaired) electrons. The summed E-state index contributed by atoms with van der Waals surface area (Å²) in [6, 6.07) is 35.3. The van der Waals surface area contributed by atoms with Gasteiger partial charge in [-0.3, -0.25) is 0 Å². The van der Waals surface area contributed by atoms with Crippen molar-refractivity contribution < 1.29 is 0 Å². The van der Waals surface area contributed by atoms with Crippen molar-refractivity contribution in [1.82, 2.24) is 0 Å². The standard InChI is InChI=1S/C33H30N2/c1-34(32-19-9-13-25-11-5-7-17-30(25)32)27-21-23-29(24-22-27)35(28-15-3-2-4-16-28)33-20-10-14-26-12-6-8-18-31(26)33/h2-5,7-11,13-19,21-24,33H,6,12,20H2,1H3. The van der Waals surface area contributed by atoms with Gasteiger partial charge in [0.2, 0.25) is 0 Å². The van der Waals surface area contributed by atoms with Crippen LogP contribution in [0.5, 0.6) is 0 Å². The predicted octanol–water partition coefficient (Wildman–Crippen LogP) is 8.72. The maximum Gasteiger partial charge on any atom is 0.0628 e. The summed E-state index contributed by atoms with van der Waals surface area (Å²) in [6.45, 7) is 0. The van der Waals surface area contributed by atoms with Crippen molar-refractivity contribution in [2.45, 2.75) is 25.3 Å². The van der Waals surface area contributed by atoms with Gasteiger partial charge in [-0.1, -0.05) is 78.9 Å². The highest BCUT2D eigenvalue weighted by Crippen LogP contribution is 2.39. The lowest BCUT2D eigenvalue weighted by Crippen LogP contribution is -2.34. The summed E-state index contributed by atoms with van der Waals surface area (Å²) in [5.41, 5.74) is 7.79. The molecular formula is C33H30N2. The van der Waals surface area contributed by atoms with Gasteiger partial charge < -0.3 is 9.80 Å². The minimum Gasteiger partial charge on any atom is -0.344 e. The molecule has 0 aromatic heterocycles. The zero-order chi connectivity index (χ0) is 23.6. The van der Waals surface area contributed by atoms with Gasteiger partial charge >= 0.3 is 0 Å².